The molecule has 200 valence electrons. The number of benzene rings is 3. The Kier molecular flexibility index (Phi) is 9.66. The Morgan fingerprint density at radius 3 is 2.41 bits per heavy atom. The van der Waals surface area contributed by atoms with Crippen LogP contribution in [0, 0.1) is 0 Å². The van der Waals surface area contributed by atoms with Crippen molar-refractivity contribution in [1.29, 1.82) is 0 Å². The van der Waals surface area contributed by atoms with Crippen molar-refractivity contribution >= 4 is 57.0 Å². The minimum absolute atomic E-state index is 0.262. The standard InChI is InChI=1S/C29H26ClN3O5S/c1-2-3-16-37-21-14-10-20(11-15-21)29(36)38-22-12-8-19(9-13-22)17-32-33-25(34)18-31-28(35)27-26(30)23-6-4-5-7-24(23)39-27/h4-15,17H,2-3,16,18H2,1H3,(H,31,35)(H,33,34)/b32-17+. The van der Waals surface area contributed by atoms with E-state index >= 15 is 0 Å². The van der Waals surface area contributed by atoms with Gasteiger partial charge in [0.15, 0.2) is 0 Å². The van der Waals surface area contributed by atoms with E-state index in [1.165, 1.54) is 17.6 Å². The first-order valence-electron chi connectivity index (χ1n) is 12.3. The summed E-state index contributed by atoms with van der Waals surface area (Å²) >= 11 is 7.57. The van der Waals surface area contributed by atoms with Gasteiger partial charge in [-0.25, -0.2) is 10.2 Å². The Bertz CT molecular complexity index is 1480. The summed E-state index contributed by atoms with van der Waals surface area (Å²) < 4.78 is 11.9. The van der Waals surface area contributed by atoms with E-state index in [0.29, 0.717) is 39.1 Å². The fourth-order valence-corrected chi connectivity index (χ4v) is 4.86. The van der Waals surface area contributed by atoms with Gasteiger partial charge in [-0.05, 0) is 66.6 Å². The molecule has 0 aliphatic carbocycles. The molecule has 4 aromatic rings. The second kappa shape index (κ2) is 13.5. The first kappa shape index (κ1) is 27.8. The third-order valence-electron chi connectivity index (χ3n) is 5.50. The van der Waals surface area contributed by atoms with Gasteiger partial charge in [0.2, 0.25) is 0 Å². The number of nitrogens with zero attached hydrogens (tertiary/aromatic N) is 1. The van der Waals surface area contributed by atoms with Gasteiger partial charge in [0.1, 0.15) is 16.4 Å². The molecule has 0 bridgehead atoms. The Balaban J connectivity index is 1.22. The van der Waals surface area contributed by atoms with Crippen LogP contribution in [0.15, 0.2) is 77.9 Å². The Labute approximate surface area is 234 Å². The van der Waals surface area contributed by atoms with Crippen molar-refractivity contribution < 1.29 is 23.9 Å². The summed E-state index contributed by atoms with van der Waals surface area (Å²) in [4.78, 5) is 37.3. The molecule has 10 heteroatoms. The molecule has 0 radical (unpaired) electrons. The van der Waals surface area contributed by atoms with Crippen LogP contribution in [0.4, 0.5) is 0 Å². The van der Waals surface area contributed by atoms with E-state index in [1.54, 1.807) is 48.5 Å². The lowest BCUT2D eigenvalue weighted by Gasteiger charge is -2.07. The van der Waals surface area contributed by atoms with Crippen LogP contribution < -0.4 is 20.2 Å². The topological polar surface area (TPSA) is 106 Å². The lowest BCUT2D eigenvalue weighted by Crippen LogP contribution is -2.34. The van der Waals surface area contributed by atoms with E-state index in [0.717, 1.165) is 22.9 Å². The molecule has 39 heavy (non-hydrogen) atoms. The lowest BCUT2D eigenvalue weighted by atomic mass is 10.2. The first-order valence-corrected chi connectivity index (χ1v) is 13.5. The van der Waals surface area contributed by atoms with E-state index in [-0.39, 0.29) is 6.54 Å². The summed E-state index contributed by atoms with van der Waals surface area (Å²) in [6.07, 6.45) is 3.46. The molecule has 0 aliphatic heterocycles. The summed E-state index contributed by atoms with van der Waals surface area (Å²) in [5.74, 6) is -0.334. The van der Waals surface area contributed by atoms with Gasteiger partial charge < -0.3 is 14.8 Å². The number of halogens is 1. The van der Waals surface area contributed by atoms with Crippen molar-refractivity contribution in [3.05, 3.63) is 93.8 Å². The van der Waals surface area contributed by atoms with Crippen LogP contribution in [-0.4, -0.2) is 37.1 Å². The van der Waals surface area contributed by atoms with Crippen LogP contribution in [-0.2, 0) is 4.79 Å². The molecule has 0 aliphatic rings. The average molecular weight is 564 g/mol. The third-order valence-corrected chi connectivity index (χ3v) is 7.17. The highest BCUT2D eigenvalue weighted by Crippen LogP contribution is 2.34. The zero-order chi connectivity index (χ0) is 27.6. The third kappa shape index (κ3) is 7.66. The minimum atomic E-state index is -0.496. The van der Waals surface area contributed by atoms with E-state index in [1.807, 2.05) is 24.3 Å². The summed E-state index contributed by atoms with van der Waals surface area (Å²) in [7, 11) is 0. The molecule has 0 fully saturated rings. The number of esters is 1. The van der Waals surface area contributed by atoms with Crippen LogP contribution in [0.25, 0.3) is 10.1 Å². The minimum Gasteiger partial charge on any atom is -0.494 e. The highest BCUT2D eigenvalue weighted by atomic mass is 35.5. The van der Waals surface area contributed by atoms with Crippen LogP contribution in [0.1, 0.15) is 45.4 Å². The average Bonchev–Trinajstić information content (AvgIpc) is 3.29. The molecule has 0 saturated carbocycles. The molecule has 4 rings (SSSR count). The number of amides is 2. The van der Waals surface area contributed by atoms with Crippen LogP contribution in [0.5, 0.6) is 11.5 Å². The van der Waals surface area contributed by atoms with E-state index in [4.69, 9.17) is 21.1 Å². The van der Waals surface area contributed by atoms with Crippen LogP contribution in [0.2, 0.25) is 5.02 Å². The van der Waals surface area contributed by atoms with E-state index in [2.05, 4.69) is 22.8 Å². The molecule has 1 heterocycles. The Hall–Kier alpha value is -4.21. The number of carbonyl (C=O) groups excluding carboxylic acids is 3. The van der Waals surface area contributed by atoms with Gasteiger partial charge in [-0.3, -0.25) is 9.59 Å². The number of hydrogen-bond acceptors (Lipinski definition) is 7. The quantitative estimate of drug-likeness (QED) is 0.0784. The van der Waals surface area contributed by atoms with Crippen molar-refractivity contribution in [3.63, 3.8) is 0 Å². The number of thiophene rings is 1. The number of fused-ring (bicyclic) bond motifs is 1. The molecule has 0 saturated heterocycles. The summed E-state index contributed by atoms with van der Waals surface area (Å²) in [5.41, 5.74) is 3.44. The number of unbranched alkanes of at least 4 members (excludes halogenated alkanes) is 1. The number of hydrogen-bond donors (Lipinski definition) is 2. The van der Waals surface area contributed by atoms with Gasteiger partial charge in [0, 0.05) is 10.1 Å². The summed E-state index contributed by atoms with van der Waals surface area (Å²) in [5, 5.41) is 7.61. The number of hydrazone groups is 1. The fourth-order valence-electron chi connectivity index (χ4n) is 3.43. The zero-order valence-corrected chi connectivity index (χ0v) is 22.7. The molecule has 1 aromatic heterocycles. The van der Waals surface area contributed by atoms with Gasteiger partial charge in [-0.2, -0.15) is 5.10 Å². The maximum Gasteiger partial charge on any atom is 0.343 e. The second-order valence-corrected chi connectivity index (χ2v) is 9.83. The largest absolute Gasteiger partial charge is 0.494 e. The SMILES string of the molecule is CCCCOc1ccc(C(=O)Oc2ccc(/C=N/NC(=O)CNC(=O)c3sc4ccccc4c3Cl)cc2)cc1. The van der Waals surface area contributed by atoms with Crippen LogP contribution >= 0.6 is 22.9 Å². The van der Waals surface area contributed by atoms with E-state index < -0.39 is 17.8 Å². The highest BCUT2D eigenvalue weighted by Gasteiger charge is 2.17. The molecular formula is C29H26ClN3O5S. The van der Waals surface area contributed by atoms with Crippen molar-refractivity contribution in [2.75, 3.05) is 13.2 Å². The van der Waals surface area contributed by atoms with Crippen LogP contribution in [0.3, 0.4) is 0 Å². The van der Waals surface area contributed by atoms with Gasteiger partial charge in [0.25, 0.3) is 11.8 Å². The Morgan fingerprint density at radius 1 is 0.974 bits per heavy atom. The number of ether oxygens (including phenoxy) is 2. The molecule has 2 amide bonds. The number of nitrogens with one attached hydrogen (secondary N) is 2. The Morgan fingerprint density at radius 2 is 1.69 bits per heavy atom. The number of carbonyl (C=O) groups is 3. The molecule has 0 spiro atoms. The predicted octanol–water partition coefficient (Wildman–Crippen LogP) is 5.83. The maximum atomic E-state index is 12.5. The summed E-state index contributed by atoms with van der Waals surface area (Å²) in [6.45, 7) is 2.47. The molecular weight excluding hydrogens is 538 g/mol. The maximum absolute atomic E-state index is 12.5. The highest BCUT2D eigenvalue weighted by molar-refractivity contribution is 7.21. The van der Waals surface area contributed by atoms with Gasteiger partial charge in [-0.15, -0.1) is 11.3 Å². The molecule has 0 unspecified atom stereocenters. The number of rotatable bonds is 11. The van der Waals surface area contributed by atoms with Gasteiger partial charge >= 0.3 is 5.97 Å². The normalized spacial score (nSPS) is 10.9. The predicted molar refractivity (Wildman–Crippen MR) is 153 cm³/mol. The molecule has 3 aromatic carbocycles. The fraction of sp³-hybridized carbons (Fsp3) is 0.172. The molecule has 0 atom stereocenters. The zero-order valence-electron chi connectivity index (χ0n) is 21.1. The second-order valence-electron chi connectivity index (χ2n) is 8.40. The lowest BCUT2D eigenvalue weighted by molar-refractivity contribution is -0.120. The van der Waals surface area contributed by atoms with Gasteiger partial charge in [-0.1, -0.05) is 43.1 Å². The molecule has 8 nitrogen and oxygen atoms in total. The first-order chi connectivity index (χ1) is 18.9. The smallest absolute Gasteiger partial charge is 0.343 e. The van der Waals surface area contributed by atoms with Crippen molar-refractivity contribution in [1.82, 2.24) is 10.7 Å². The van der Waals surface area contributed by atoms with Crippen molar-refractivity contribution in [3.8, 4) is 11.5 Å². The van der Waals surface area contributed by atoms with Crippen molar-refractivity contribution in [2.24, 2.45) is 5.10 Å². The van der Waals surface area contributed by atoms with E-state index in [9.17, 15) is 14.4 Å². The summed E-state index contributed by atoms with van der Waals surface area (Å²) in [6, 6.07) is 20.9. The monoisotopic (exact) mass is 563 g/mol. The van der Waals surface area contributed by atoms with Gasteiger partial charge in [0.05, 0.1) is 30.0 Å². The molecule has 2 N–H and O–H groups in total. The van der Waals surface area contributed by atoms with Crippen molar-refractivity contribution in [2.45, 2.75) is 19.8 Å².